The number of nitrogens with zero attached hydrogens (tertiary/aromatic N) is 1. The van der Waals surface area contributed by atoms with Crippen LogP contribution in [0, 0.1) is 16.7 Å². The van der Waals surface area contributed by atoms with Crippen LogP contribution in [0.15, 0.2) is 34.1 Å². The fraction of sp³-hybridized carbons (Fsp3) is 0.440. The molecule has 1 aliphatic carbocycles. The van der Waals surface area contributed by atoms with Crippen LogP contribution < -0.4 is 5.32 Å². The first-order valence-corrected chi connectivity index (χ1v) is 12.9. The van der Waals surface area contributed by atoms with Gasteiger partial charge in [0.2, 0.25) is 17.7 Å². The summed E-state index contributed by atoms with van der Waals surface area (Å²) in [6.07, 6.45) is 1.27. The molecule has 0 spiro atoms. The lowest BCUT2D eigenvalue weighted by atomic mass is 9.62. The lowest BCUT2D eigenvalue weighted by molar-refractivity contribution is -0.168. The third kappa shape index (κ3) is 3.88. The molecule has 1 aliphatic heterocycles. The zero-order chi connectivity index (χ0) is 24.8. The second-order valence-corrected chi connectivity index (χ2v) is 11.3. The number of imide groups is 1. The van der Waals surface area contributed by atoms with Gasteiger partial charge in [0.05, 0.1) is 12.0 Å². The van der Waals surface area contributed by atoms with Gasteiger partial charge < -0.3 is 10.1 Å². The fourth-order valence-corrected chi connectivity index (χ4v) is 6.30. The monoisotopic (exact) mass is 546 g/mol. The molecule has 0 radical (unpaired) electrons. The standard InChI is InChI=1S/C25H27BrN2O5S/c1-5-33-22(31)19-16(14-6-8-15(26)9-7-14)13-34-20(19)27-18(29)12-28-21(30)17-10-11-25(4,23(28)32)24(17,2)3/h6-9,13,17H,5,10-12H2,1-4H3,(H,27,29). The Kier molecular flexibility index (Phi) is 6.46. The van der Waals surface area contributed by atoms with Crippen LogP contribution in [0.5, 0.6) is 0 Å². The molecule has 7 nitrogen and oxygen atoms in total. The third-order valence-electron chi connectivity index (χ3n) is 7.49. The van der Waals surface area contributed by atoms with Crippen molar-refractivity contribution in [3.8, 4) is 11.1 Å². The minimum absolute atomic E-state index is 0.189. The highest BCUT2D eigenvalue weighted by atomic mass is 79.9. The van der Waals surface area contributed by atoms with Gasteiger partial charge in [-0.1, -0.05) is 48.8 Å². The number of carbonyl (C=O) groups is 4. The van der Waals surface area contributed by atoms with E-state index in [1.165, 1.54) is 11.3 Å². The number of esters is 1. The average Bonchev–Trinajstić information content (AvgIpc) is 3.27. The number of carbonyl (C=O) groups excluding carboxylic acids is 4. The smallest absolute Gasteiger partial charge is 0.341 e. The maximum absolute atomic E-state index is 13.2. The molecule has 2 heterocycles. The van der Waals surface area contributed by atoms with Gasteiger partial charge in [0.25, 0.3) is 0 Å². The molecule has 180 valence electrons. The van der Waals surface area contributed by atoms with Crippen LogP contribution in [0.25, 0.3) is 11.1 Å². The van der Waals surface area contributed by atoms with Crippen LogP contribution in [0.1, 0.15) is 50.9 Å². The number of likely N-dealkylation sites (tertiary alicyclic amines) is 1. The zero-order valence-electron chi connectivity index (χ0n) is 19.6. The molecule has 2 aliphatic rings. The van der Waals surface area contributed by atoms with E-state index in [0.29, 0.717) is 23.4 Å². The molecule has 1 saturated heterocycles. The molecule has 1 aromatic heterocycles. The van der Waals surface area contributed by atoms with E-state index in [0.717, 1.165) is 14.9 Å². The Morgan fingerprint density at radius 2 is 1.88 bits per heavy atom. The molecule has 1 N–H and O–H groups in total. The van der Waals surface area contributed by atoms with Gasteiger partial charge >= 0.3 is 5.97 Å². The number of hydrogen-bond donors (Lipinski definition) is 1. The summed E-state index contributed by atoms with van der Waals surface area (Å²) < 4.78 is 6.14. The van der Waals surface area contributed by atoms with E-state index in [9.17, 15) is 19.2 Å². The van der Waals surface area contributed by atoms with Crippen LogP contribution in [0.4, 0.5) is 5.00 Å². The number of piperidine rings is 1. The molecule has 34 heavy (non-hydrogen) atoms. The van der Waals surface area contributed by atoms with Crippen LogP contribution in [0.2, 0.25) is 0 Å². The lowest BCUT2D eigenvalue weighted by Gasteiger charge is -2.47. The number of anilines is 1. The van der Waals surface area contributed by atoms with Crippen LogP contribution in [0.3, 0.4) is 0 Å². The zero-order valence-corrected chi connectivity index (χ0v) is 22.0. The summed E-state index contributed by atoms with van der Waals surface area (Å²) in [6.45, 7) is 7.32. The molecule has 2 atom stereocenters. The molecule has 2 aromatic rings. The van der Waals surface area contributed by atoms with Gasteiger partial charge in [-0.3, -0.25) is 19.3 Å². The Morgan fingerprint density at radius 3 is 2.53 bits per heavy atom. The summed E-state index contributed by atoms with van der Waals surface area (Å²) in [5.74, 6) is -1.97. The Hall–Kier alpha value is -2.52. The first-order chi connectivity index (χ1) is 16.0. The van der Waals surface area contributed by atoms with Crippen molar-refractivity contribution in [2.75, 3.05) is 18.5 Å². The minimum atomic E-state index is -0.681. The molecule has 1 saturated carbocycles. The van der Waals surface area contributed by atoms with E-state index in [1.807, 2.05) is 45.0 Å². The van der Waals surface area contributed by atoms with Crippen molar-refractivity contribution in [1.29, 1.82) is 0 Å². The van der Waals surface area contributed by atoms with Gasteiger partial charge in [0.1, 0.15) is 17.1 Å². The summed E-state index contributed by atoms with van der Waals surface area (Å²) in [5, 5.41) is 4.86. The van der Waals surface area contributed by atoms with Gasteiger partial charge in [0, 0.05) is 21.3 Å². The first-order valence-electron chi connectivity index (χ1n) is 11.2. The number of benzene rings is 1. The minimum Gasteiger partial charge on any atom is -0.462 e. The number of amides is 3. The van der Waals surface area contributed by atoms with Crippen LogP contribution in [-0.4, -0.2) is 41.7 Å². The molecule has 3 amide bonds. The number of nitrogens with one attached hydrogen (secondary N) is 1. The second kappa shape index (κ2) is 8.92. The number of rotatable bonds is 6. The summed E-state index contributed by atoms with van der Waals surface area (Å²) in [7, 11) is 0. The molecular weight excluding hydrogens is 520 g/mol. The van der Waals surface area contributed by atoms with Gasteiger partial charge in [-0.2, -0.15) is 0 Å². The maximum Gasteiger partial charge on any atom is 0.341 e. The summed E-state index contributed by atoms with van der Waals surface area (Å²) in [4.78, 5) is 53.2. The highest BCUT2D eigenvalue weighted by Gasteiger charge is 2.64. The first kappa shape index (κ1) is 24.6. The number of fused-ring (bicyclic) bond motifs is 2. The normalized spacial score (nSPS) is 23.2. The average molecular weight is 547 g/mol. The number of halogens is 1. The molecular formula is C25H27BrN2O5S. The lowest BCUT2D eigenvalue weighted by Crippen LogP contribution is -2.60. The highest BCUT2D eigenvalue weighted by molar-refractivity contribution is 9.10. The highest BCUT2D eigenvalue weighted by Crippen LogP contribution is 2.60. The van der Waals surface area contributed by atoms with Crippen LogP contribution in [-0.2, 0) is 19.1 Å². The van der Waals surface area contributed by atoms with Crippen molar-refractivity contribution >= 4 is 56.0 Å². The molecule has 2 bridgehead atoms. The molecule has 9 heteroatoms. The Morgan fingerprint density at radius 1 is 1.21 bits per heavy atom. The van der Waals surface area contributed by atoms with E-state index in [2.05, 4.69) is 21.2 Å². The second-order valence-electron chi connectivity index (χ2n) is 9.50. The van der Waals surface area contributed by atoms with Crippen molar-refractivity contribution < 1.29 is 23.9 Å². The van der Waals surface area contributed by atoms with Gasteiger partial charge in [-0.25, -0.2) is 4.79 Å². The fourth-order valence-electron chi connectivity index (χ4n) is 5.06. The topological polar surface area (TPSA) is 92.8 Å². The molecule has 4 rings (SSSR count). The summed E-state index contributed by atoms with van der Waals surface area (Å²) in [5.41, 5.74) is 0.574. The van der Waals surface area contributed by atoms with Crippen LogP contribution >= 0.6 is 27.3 Å². The van der Waals surface area contributed by atoms with Gasteiger partial charge in [-0.15, -0.1) is 11.3 Å². The van der Waals surface area contributed by atoms with E-state index in [4.69, 9.17) is 4.74 Å². The Labute approximate surface area is 211 Å². The van der Waals surface area contributed by atoms with Gasteiger partial charge in [-0.05, 0) is 42.9 Å². The Bertz CT molecular complexity index is 1170. The predicted octanol–water partition coefficient (Wildman–Crippen LogP) is 5.10. The summed E-state index contributed by atoms with van der Waals surface area (Å²) >= 11 is 4.60. The van der Waals surface area contributed by atoms with E-state index in [-0.39, 0.29) is 36.4 Å². The summed E-state index contributed by atoms with van der Waals surface area (Å²) in [6, 6.07) is 7.46. The predicted molar refractivity (Wildman–Crippen MR) is 133 cm³/mol. The van der Waals surface area contributed by atoms with E-state index < -0.39 is 22.7 Å². The number of hydrogen-bond acceptors (Lipinski definition) is 6. The molecule has 2 fully saturated rings. The van der Waals surface area contributed by atoms with Crippen molar-refractivity contribution in [1.82, 2.24) is 4.90 Å². The quantitative estimate of drug-likeness (QED) is 0.401. The Balaban J connectivity index is 1.59. The van der Waals surface area contributed by atoms with E-state index in [1.54, 1.807) is 12.3 Å². The van der Waals surface area contributed by atoms with Gasteiger partial charge in [0.15, 0.2) is 0 Å². The van der Waals surface area contributed by atoms with Crippen molar-refractivity contribution in [3.05, 3.63) is 39.7 Å². The molecule has 2 unspecified atom stereocenters. The van der Waals surface area contributed by atoms with Crippen molar-refractivity contribution in [2.24, 2.45) is 16.7 Å². The SMILES string of the molecule is CCOC(=O)c1c(-c2ccc(Br)cc2)csc1NC(=O)CN1C(=O)C2CCC(C)(C1=O)C2(C)C. The number of thiophene rings is 1. The van der Waals surface area contributed by atoms with Crippen molar-refractivity contribution in [3.63, 3.8) is 0 Å². The maximum atomic E-state index is 13.2. The third-order valence-corrected chi connectivity index (χ3v) is 8.91. The van der Waals surface area contributed by atoms with Crippen molar-refractivity contribution in [2.45, 2.75) is 40.5 Å². The largest absolute Gasteiger partial charge is 0.462 e. The van der Waals surface area contributed by atoms with E-state index >= 15 is 0 Å². The number of ether oxygens (including phenoxy) is 1. The molecule has 1 aromatic carbocycles.